The SMILES string of the molecule is Cc1cc(C(=O)Nc2ccc(F)nc2F)c(F)cc1F. The molecule has 1 aromatic carbocycles. The van der Waals surface area contributed by atoms with Crippen molar-refractivity contribution in [3.8, 4) is 0 Å². The van der Waals surface area contributed by atoms with E-state index in [9.17, 15) is 22.4 Å². The number of pyridine rings is 1. The summed E-state index contributed by atoms with van der Waals surface area (Å²) in [6.07, 6.45) is 0. The summed E-state index contributed by atoms with van der Waals surface area (Å²) in [7, 11) is 0. The molecule has 0 radical (unpaired) electrons. The number of benzene rings is 1. The minimum atomic E-state index is -1.24. The number of carbonyl (C=O) groups excluding carboxylic acids is 1. The van der Waals surface area contributed by atoms with E-state index in [1.807, 2.05) is 5.32 Å². The van der Waals surface area contributed by atoms with Crippen LogP contribution in [0.4, 0.5) is 23.2 Å². The van der Waals surface area contributed by atoms with Crippen molar-refractivity contribution in [2.45, 2.75) is 6.92 Å². The fourth-order valence-electron chi connectivity index (χ4n) is 1.53. The molecule has 0 unspecified atom stereocenters. The van der Waals surface area contributed by atoms with Crippen LogP contribution in [0.3, 0.4) is 0 Å². The van der Waals surface area contributed by atoms with Crippen LogP contribution < -0.4 is 5.32 Å². The van der Waals surface area contributed by atoms with Crippen LogP contribution in [-0.4, -0.2) is 10.9 Å². The molecule has 0 spiro atoms. The van der Waals surface area contributed by atoms with Gasteiger partial charge in [-0.05, 0) is 30.7 Å². The van der Waals surface area contributed by atoms with Crippen LogP contribution in [0.2, 0.25) is 0 Å². The van der Waals surface area contributed by atoms with Crippen molar-refractivity contribution in [2.24, 2.45) is 0 Å². The molecular weight excluding hydrogens is 276 g/mol. The number of aromatic nitrogens is 1. The van der Waals surface area contributed by atoms with Gasteiger partial charge in [-0.25, -0.2) is 8.78 Å². The molecule has 0 saturated heterocycles. The predicted molar refractivity (Wildman–Crippen MR) is 63.2 cm³/mol. The van der Waals surface area contributed by atoms with E-state index in [2.05, 4.69) is 4.98 Å². The zero-order chi connectivity index (χ0) is 14.9. The summed E-state index contributed by atoms with van der Waals surface area (Å²) in [5.74, 6) is -5.16. The minimum Gasteiger partial charge on any atom is -0.318 e. The molecule has 0 atom stereocenters. The van der Waals surface area contributed by atoms with Gasteiger partial charge in [-0.1, -0.05) is 0 Å². The molecule has 1 N–H and O–H groups in total. The van der Waals surface area contributed by atoms with Gasteiger partial charge in [-0.2, -0.15) is 13.8 Å². The highest BCUT2D eigenvalue weighted by Gasteiger charge is 2.16. The molecule has 1 amide bonds. The number of carbonyl (C=O) groups is 1. The maximum absolute atomic E-state index is 13.5. The summed E-state index contributed by atoms with van der Waals surface area (Å²) in [5.41, 5.74) is -0.792. The molecule has 2 rings (SSSR count). The summed E-state index contributed by atoms with van der Waals surface area (Å²) in [4.78, 5) is 14.6. The number of rotatable bonds is 2. The maximum atomic E-state index is 13.5. The number of amides is 1. The van der Waals surface area contributed by atoms with E-state index < -0.39 is 40.7 Å². The minimum absolute atomic E-state index is 0.0641. The summed E-state index contributed by atoms with van der Waals surface area (Å²) >= 11 is 0. The van der Waals surface area contributed by atoms with Gasteiger partial charge >= 0.3 is 0 Å². The molecule has 0 bridgehead atoms. The number of hydrogen-bond donors (Lipinski definition) is 1. The molecule has 20 heavy (non-hydrogen) atoms. The summed E-state index contributed by atoms with van der Waals surface area (Å²) in [6.45, 7) is 1.35. The second kappa shape index (κ2) is 5.28. The van der Waals surface area contributed by atoms with Gasteiger partial charge in [0.05, 0.1) is 11.3 Å². The third kappa shape index (κ3) is 2.76. The Kier molecular flexibility index (Phi) is 3.69. The van der Waals surface area contributed by atoms with Gasteiger partial charge in [0, 0.05) is 6.07 Å². The molecular formula is C13H8F4N2O. The average molecular weight is 284 g/mol. The fourth-order valence-corrected chi connectivity index (χ4v) is 1.53. The highest BCUT2D eigenvalue weighted by molar-refractivity contribution is 6.04. The van der Waals surface area contributed by atoms with E-state index in [4.69, 9.17) is 0 Å². The van der Waals surface area contributed by atoms with Crippen LogP contribution in [0.5, 0.6) is 0 Å². The first-order valence-electron chi connectivity index (χ1n) is 5.47. The van der Waals surface area contributed by atoms with E-state index in [0.717, 1.165) is 18.2 Å². The Morgan fingerprint density at radius 2 is 1.80 bits per heavy atom. The van der Waals surface area contributed by atoms with E-state index in [1.165, 1.54) is 6.92 Å². The van der Waals surface area contributed by atoms with Crippen molar-refractivity contribution >= 4 is 11.6 Å². The molecule has 7 heteroatoms. The Labute approximate surface area is 111 Å². The second-order valence-corrected chi connectivity index (χ2v) is 4.01. The van der Waals surface area contributed by atoms with Crippen LogP contribution in [0.25, 0.3) is 0 Å². The van der Waals surface area contributed by atoms with Crippen molar-refractivity contribution in [3.05, 3.63) is 58.9 Å². The molecule has 2 aromatic rings. The van der Waals surface area contributed by atoms with Gasteiger partial charge in [-0.3, -0.25) is 4.79 Å². The standard InChI is InChI=1S/C13H8F4N2O/c1-6-4-7(9(15)5-8(6)14)13(20)18-10-2-3-11(16)19-12(10)17/h2-5H,1H3,(H,18,20). The number of anilines is 1. The summed E-state index contributed by atoms with van der Waals surface area (Å²) in [5, 5.41) is 2.04. The Balaban J connectivity index is 2.31. The lowest BCUT2D eigenvalue weighted by atomic mass is 10.1. The molecule has 0 aliphatic rings. The number of aryl methyl sites for hydroxylation is 1. The van der Waals surface area contributed by atoms with Crippen LogP contribution in [0.15, 0.2) is 24.3 Å². The van der Waals surface area contributed by atoms with Crippen LogP contribution in [-0.2, 0) is 0 Å². The molecule has 0 fully saturated rings. The Morgan fingerprint density at radius 1 is 1.10 bits per heavy atom. The highest BCUT2D eigenvalue weighted by Crippen LogP contribution is 2.17. The number of hydrogen-bond acceptors (Lipinski definition) is 2. The van der Waals surface area contributed by atoms with E-state index in [-0.39, 0.29) is 5.56 Å². The zero-order valence-corrected chi connectivity index (χ0v) is 10.2. The van der Waals surface area contributed by atoms with Gasteiger partial charge in [0.2, 0.25) is 11.9 Å². The van der Waals surface area contributed by atoms with Gasteiger partial charge < -0.3 is 5.32 Å². The molecule has 1 heterocycles. The van der Waals surface area contributed by atoms with Gasteiger partial charge in [0.1, 0.15) is 11.6 Å². The van der Waals surface area contributed by atoms with E-state index in [1.54, 1.807) is 0 Å². The number of halogens is 4. The van der Waals surface area contributed by atoms with Crippen molar-refractivity contribution in [3.63, 3.8) is 0 Å². The normalized spacial score (nSPS) is 10.4. The molecule has 0 aliphatic carbocycles. The first kappa shape index (κ1) is 14.0. The topological polar surface area (TPSA) is 42.0 Å². The Morgan fingerprint density at radius 3 is 2.45 bits per heavy atom. The molecule has 3 nitrogen and oxygen atoms in total. The Hall–Kier alpha value is -2.44. The number of nitrogens with one attached hydrogen (secondary N) is 1. The van der Waals surface area contributed by atoms with Crippen molar-refractivity contribution in [1.82, 2.24) is 4.98 Å². The monoisotopic (exact) mass is 284 g/mol. The highest BCUT2D eigenvalue weighted by atomic mass is 19.1. The third-order valence-corrected chi connectivity index (χ3v) is 2.56. The van der Waals surface area contributed by atoms with Gasteiger partial charge in [0.25, 0.3) is 5.91 Å². The first-order valence-corrected chi connectivity index (χ1v) is 5.47. The smallest absolute Gasteiger partial charge is 0.258 e. The van der Waals surface area contributed by atoms with Gasteiger partial charge in [0.15, 0.2) is 0 Å². The predicted octanol–water partition coefficient (Wildman–Crippen LogP) is 3.20. The largest absolute Gasteiger partial charge is 0.318 e. The van der Waals surface area contributed by atoms with Crippen LogP contribution in [0.1, 0.15) is 15.9 Å². The maximum Gasteiger partial charge on any atom is 0.258 e. The van der Waals surface area contributed by atoms with Crippen LogP contribution >= 0.6 is 0 Å². The summed E-state index contributed by atoms with van der Waals surface area (Å²) < 4.78 is 52.4. The molecule has 1 aromatic heterocycles. The zero-order valence-electron chi connectivity index (χ0n) is 10.2. The van der Waals surface area contributed by atoms with E-state index >= 15 is 0 Å². The van der Waals surface area contributed by atoms with E-state index in [0.29, 0.717) is 6.07 Å². The second-order valence-electron chi connectivity index (χ2n) is 4.01. The summed E-state index contributed by atoms with van der Waals surface area (Å²) in [6, 6.07) is 3.34. The average Bonchev–Trinajstić information content (AvgIpc) is 2.37. The van der Waals surface area contributed by atoms with Crippen molar-refractivity contribution in [2.75, 3.05) is 5.32 Å². The third-order valence-electron chi connectivity index (χ3n) is 2.56. The quantitative estimate of drug-likeness (QED) is 0.679. The lowest BCUT2D eigenvalue weighted by Gasteiger charge is -2.08. The lowest BCUT2D eigenvalue weighted by Crippen LogP contribution is -2.16. The van der Waals surface area contributed by atoms with Crippen molar-refractivity contribution in [1.29, 1.82) is 0 Å². The molecule has 0 saturated carbocycles. The molecule has 104 valence electrons. The number of nitrogens with zero attached hydrogens (tertiary/aromatic N) is 1. The lowest BCUT2D eigenvalue weighted by molar-refractivity contribution is 0.102. The Bertz CT molecular complexity index is 688. The van der Waals surface area contributed by atoms with Gasteiger partial charge in [-0.15, -0.1) is 0 Å². The van der Waals surface area contributed by atoms with Crippen LogP contribution in [0, 0.1) is 30.5 Å². The van der Waals surface area contributed by atoms with Crippen molar-refractivity contribution < 1.29 is 22.4 Å². The first-order chi connectivity index (χ1) is 9.38. The molecule has 0 aliphatic heterocycles. The fraction of sp³-hybridized carbons (Fsp3) is 0.0769.